The van der Waals surface area contributed by atoms with Crippen LogP contribution >= 0.6 is 0 Å². The van der Waals surface area contributed by atoms with Crippen LogP contribution < -0.4 is 4.90 Å². The Bertz CT molecular complexity index is 557. The van der Waals surface area contributed by atoms with E-state index < -0.39 is 5.97 Å². The van der Waals surface area contributed by atoms with Crippen LogP contribution in [0, 0.1) is 17.2 Å². The number of nitrogens with zero attached hydrogens (tertiary/aromatic N) is 3. The number of carbonyl (C=O) groups is 1. The number of aromatic carboxylic acids is 1. The normalized spacial score (nSPS) is 16.4. The van der Waals surface area contributed by atoms with E-state index in [1.165, 1.54) is 6.07 Å². The van der Waals surface area contributed by atoms with Gasteiger partial charge in [0.15, 0.2) is 0 Å². The van der Waals surface area contributed by atoms with Crippen LogP contribution in [0.2, 0.25) is 0 Å². The topological polar surface area (TPSA) is 67.6 Å². The molecule has 0 bridgehead atoms. The standard InChI is InChI=1S/C16H21N3O2/c1-18-7-5-12(6-8-18)11-19(2)15-4-3-13(16(20)21)9-14(15)10-17/h3-4,9,12H,5-8,11H2,1-2H3,(H,20,21). The summed E-state index contributed by atoms with van der Waals surface area (Å²) >= 11 is 0. The van der Waals surface area contributed by atoms with Crippen molar-refractivity contribution in [3.8, 4) is 6.07 Å². The van der Waals surface area contributed by atoms with Gasteiger partial charge in [-0.25, -0.2) is 4.79 Å². The minimum absolute atomic E-state index is 0.156. The number of piperidine rings is 1. The summed E-state index contributed by atoms with van der Waals surface area (Å²) in [5, 5.41) is 18.2. The fourth-order valence-corrected chi connectivity index (χ4v) is 2.82. The second kappa shape index (κ2) is 6.59. The SMILES string of the molecule is CN1CCC(CN(C)c2ccc(C(=O)O)cc2C#N)CC1. The van der Waals surface area contributed by atoms with Gasteiger partial charge >= 0.3 is 5.97 Å². The molecule has 21 heavy (non-hydrogen) atoms. The van der Waals surface area contributed by atoms with Crippen LogP contribution in [0.4, 0.5) is 5.69 Å². The Morgan fingerprint density at radius 1 is 1.48 bits per heavy atom. The zero-order chi connectivity index (χ0) is 15.4. The second-order valence-electron chi connectivity index (χ2n) is 5.78. The van der Waals surface area contributed by atoms with Crippen molar-refractivity contribution >= 4 is 11.7 Å². The number of likely N-dealkylation sites (tertiary alicyclic amines) is 1. The Balaban J connectivity index is 2.10. The summed E-state index contributed by atoms with van der Waals surface area (Å²) in [6.07, 6.45) is 2.33. The van der Waals surface area contributed by atoms with Crippen molar-refractivity contribution in [3.63, 3.8) is 0 Å². The molecule has 0 spiro atoms. The lowest BCUT2D eigenvalue weighted by atomic mass is 9.96. The van der Waals surface area contributed by atoms with Gasteiger partial charge in [0.25, 0.3) is 0 Å². The molecule has 1 N–H and O–H groups in total. The zero-order valence-corrected chi connectivity index (χ0v) is 12.5. The minimum Gasteiger partial charge on any atom is -0.478 e. The summed E-state index contributed by atoms with van der Waals surface area (Å²) in [5.74, 6) is -0.382. The molecule has 2 rings (SSSR count). The molecule has 1 aliphatic rings. The van der Waals surface area contributed by atoms with Gasteiger partial charge in [0.05, 0.1) is 16.8 Å². The largest absolute Gasteiger partial charge is 0.478 e. The highest BCUT2D eigenvalue weighted by Gasteiger charge is 2.19. The van der Waals surface area contributed by atoms with Gasteiger partial charge in [0.2, 0.25) is 0 Å². The maximum atomic E-state index is 11.0. The van der Waals surface area contributed by atoms with Crippen molar-refractivity contribution in [2.24, 2.45) is 5.92 Å². The van der Waals surface area contributed by atoms with Gasteiger partial charge in [-0.3, -0.25) is 0 Å². The van der Waals surface area contributed by atoms with Crippen LogP contribution in [0.5, 0.6) is 0 Å². The number of benzene rings is 1. The molecule has 1 heterocycles. The molecule has 1 saturated heterocycles. The molecule has 1 aromatic rings. The van der Waals surface area contributed by atoms with Crippen LogP contribution in [0.1, 0.15) is 28.8 Å². The average Bonchev–Trinajstić information content (AvgIpc) is 2.48. The van der Waals surface area contributed by atoms with Crippen molar-refractivity contribution in [3.05, 3.63) is 29.3 Å². The lowest BCUT2D eigenvalue weighted by molar-refractivity contribution is 0.0697. The van der Waals surface area contributed by atoms with Gasteiger partial charge in [-0.05, 0) is 57.1 Å². The molecule has 1 aliphatic heterocycles. The third-order valence-corrected chi connectivity index (χ3v) is 4.15. The fraction of sp³-hybridized carbons (Fsp3) is 0.500. The lowest BCUT2D eigenvalue weighted by Crippen LogP contribution is -2.35. The Kier molecular flexibility index (Phi) is 4.81. The number of rotatable bonds is 4. The molecular weight excluding hydrogens is 266 g/mol. The molecule has 0 amide bonds. The van der Waals surface area contributed by atoms with Crippen LogP contribution in [-0.4, -0.2) is 49.7 Å². The first-order valence-corrected chi connectivity index (χ1v) is 7.18. The number of carboxylic acid groups (broad SMARTS) is 1. The molecule has 112 valence electrons. The van der Waals surface area contributed by atoms with Gasteiger partial charge in [0.1, 0.15) is 6.07 Å². The molecular formula is C16H21N3O2. The van der Waals surface area contributed by atoms with E-state index in [0.29, 0.717) is 11.5 Å². The van der Waals surface area contributed by atoms with Crippen LogP contribution in [0.25, 0.3) is 0 Å². The lowest BCUT2D eigenvalue weighted by Gasteiger charge is -2.32. The summed E-state index contributed by atoms with van der Waals surface area (Å²) < 4.78 is 0. The van der Waals surface area contributed by atoms with Crippen LogP contribution in [0.15, 0.2) is 18.2 Å². The Morgan fingerprint density at radius 3 is 2.71 bits per heavy atom. The first-order chi connectivity index (χ1) is 10.0. The quantitative estimate of drug-likeness (QED) is 0.917. The zero-order valence-electron chi connectivity index (χ0n) is 12.5. The number of hydrogen-bond donors (Lipinski definition) is 1. The Morgan fingerprint density at radius 2 is 2.14 bits per heavy atom. The highest BCUT2D eigenvalue weighted by Crippen LogP contribution is 2.24. The summed E-state index contributed by atoms with van der Waals surface area (Å²) in [5.41, 5.74) is 1.38. The Hall–Kier alpha value is -2.06. The predicted molar refractivity (Wildman–Crippen MR) is 81.6 cm³/mol. The van der Waals surface area contributed by atoms with E-state index in [9.17, 15) is 10.1 Å². The smallest absolute Gasteiger partial charge is 0.335 e. The molecule has 1 aromatic carbocycles. The first kappa shape index (κ1) is 15.3. The third-order valence-electron chi connectivity index (χ3n) is 4.15. The molecule has 5 nitrogen and oxygen atoms in total. The molecule has 0 aromatic heterocycles. The van der Waals surface area contributed by atoms with E-state index in [4.69, 9.17) is 5.11 Å². The van der Waals surface area contributed by atoms with E-state index in [1.807, 2.05) is 7.05 Å². The summed E-state index contributed by atoms with van der Waals surface area (Å²) in [7, 11) is 4.10. The van der Waals surface area contributed by atoms with Gasteiger partial charge in [0, 0.05) is 13.6 Å². The molecule has 0 unspecified atom stereocenters. The van der Waals surface area contributed by atoms with Crippen molar-refractivity contribution < 1.29 is 9.90 Å². The maximum Gasteiger partial charge on any atom is 0.335 e. The van der Waals surface area contributed by atoms with Crippen molar-refractivity contribution in [1.82, 2.24) is 4.90 Å². The molecule has 0 radical (unpaired) electrons. The highest BCUT2D eigenvalue weighted by atomic mass is 16.4. The summed E-state index contributed by atoms with van der Waals surface area (Å²) in [4.78, 5) is 15.4. The summed E-state index contributed by atoms with van der Waals surface area (Å²) in [6.45, 7) is 3.12. The van der Waals surface area contributed by atoms with E-state index >= 15 is 0 Å². The number of carboxylic acids is 1. The number of anilines is 1. The molecule has 1 fully saturated rings. The maximum absolute atomic E-state index is 11.0. The molecule has 5 heteroatoms. The van der Waals surface area contributed by atoms with Gasteiger partial charge in [-0.2, -0.15) is 5.26 Å². The summed E-state index contributed by atoms with van der Waals surface area (Å²) in [6, 6.07) is 6.84. The Labute approximate surface area is 125 Å². The molecule has 0 aliphatic carbocycles. The highest BCUT2D eigenvalue weighted by molar-refractivity contribution is 5.89. The van der Waals surface area contributed by atoms with Gasteiger partial charge < -0.3 is 14.9 Å². The number of nitriles is 1. The average molecular weight is 287 g/mol. The van der Waals surface area contributed by atoms with E-state index in [-0.39, 0.29) is 5.56 Å². The van der Waals surface area contributed by atoms with E-state index in [1.54, 1.807) is 12.1 Å². The minimum atomic E-state index is -1.00. The number of hydrogen-bond acceptors (Lipinski definition) is 4. The predicted octanol–water partition coefficient (Wildman–Crippen LogP) is 2.03. The van der Waals surface area contributed by atoms with Gasteiger partial charge in [-0.1, -0.05) is 0 Å². The molecule has 0 saturated carbocycles. The van der Waals surface area contributed by atoms with Gasteiger partial charge in [-0.15, -0.1) is 0 Å². The monoisotopic (exact) mass is 287 g/mol. The van der Waals surface area contributed by atoms with Crippen molar-refractivity contribution in [2.45, 2.75) is 12.8 Å². The second-order valence-corrected chi connectivity index (χ2v) is 5.78. The molecule has 0 atom stereocenters. The van der Waals surface area contributed by atoms with Crippen molar-refractivity contribution in [2.75, 3.05) is 38.6 Å². The van der Waals surface area contributed by atoms with Crippen LogP contribution in [-0.2, 0) is 0 Å². The third kappa shape index (κ3) is 3.73. The van der Waals surface area contributed by atoms with E-state index in [2.05, 4.69) is 22.9 Å². The first-order valence-electron chi connectivity index (χ1n) is 7.18. The van der Waals surface area contributed by atoms with Crippen molar-refractivity contribution in [1.29, 1.82) is 5.26 Å². The van der Waals surface area contributed by atoms with E-state index in [0.717, 1.165) is 38.2 Å². The van der Waals surface area contributed by atoms with Crippen LogP contribution in [0.3, 0.4) is 0 Å². The fourth-order valence-electron chi connectivity index (χ4n) is 2.82.